The number of nitrogens with zero attached hydrogens (tertiary/aromatic N) is 2. The first-order valence-electron chi connectivity index (χ1n) is 6.97. The number of hydrogen-bond donors (Lipinski definition) is 2. The lowest BCUT2D eigenvalue weighted by Gasteiger charge is -2.12. The molecule has 0 saturated heterocycles. The molecule has 0 aromatic heterocycles. The van der Waals surface area contributed by atoms with Crippen molar-refractivity contribution >= 4 is 23.5 Å². The monoisotopic (exact) mass is 302 g/mol. The van der Waals surface area contributed by atoms with E-state index in [4.69, 9.17) is 22.2 Å². The highest BCUT2D eigenvalue weighted by atomic mass is 32.1. The summed E-state index contributed by atoms with van der Waals surface area (Å²) < 4.78 is 5.18. The summed E-state index contributed by atoms with van der Waals surface area (Å²) in [5.74, 6) is 0.667. The van der Waals surface area contributed by atoms with Crippen LogP contribution >= 0.6 is 12.2 Å². The van der Waals surface area contributed by atoms with Crippen molar-refractivity contribution in [2.45, 2.75) is 31.7 Å². The SMILES string of the molecule is N#CCOc1ccc(/C=N\NC(=S)NC2CCCC2)cc1. The molecule has 2 N–H and O–H groups in total. The Hall–Kier alpha value is -2.13. The molecule has 21 heavy (non-hydrogen) atoms. The van der Waals surface area contributed by atoms with Crippen LogP contribution in [0.2, 0.25) is 0 Å². The average molecular weight is 302 g/mol. The Morgan fingerprint density at radius 1 is 1.38 bits per heavy atom. The van der Waals surface area contributed by atoms with Crippen molar-refractivity contribution in [2.24, 2.45) is 5.10 Å². The van der Waals surface area contributed by atoms with Gasteiger partial charge >= 0.3 is 0 Å². The van der Waals surface area contributed by atoms with Crippen LogP contribution in [-0.2, 0) is 0 Å². The van der Waals surface area contributed by atoms with Gasteiger partial charge < -0.3 is 10.1 Å². The molecule has 0 amide bonds. The highest BCUT2D eigenvalue weighted by molar-refractivity contribution is 7.80. The fraction of sp³-hybridized carbons (Fsp3) is 0.400. The molecule has 0 spiro atoms. The van der Waals surface area contributed by atoms with Crippen LogP contribution < -0.4 is 15.5 Å². The van der Waals surface area contributed by atoms with E-state index in [2.05, 4.69) is 15.8 Å². The van der Waals surface area contributed by atoms with E-state index < -0.39 is 0 Å². The van der Waals surface area contributed by atoms with E-state index in [0.717, 1.165) is 5.56 Å². The van der Waals surface area contributed by atoms with Gasteiger partial charge in [-0.2, -0.15) is 10.4 Å². The van der Waals surface area contributed by atoms with Crippen LogP contribution in [-0.4, -0.2) is 24.0 Å². The number of thiocarbonyl (C=S) groups is 1. The molecule has 1 aliphatic rings. The third kappa shape index (κ3) is 5.40. The Balaban J connectivity index is 1.75. The summed E-state index contributed by atoms with van der Waals surface area (Å²) in [5.41, 5.74) is 3.75. The third-order valence-corrected chi connectivity index (χ3v) is 3.46. The summed E-state index contributed by atoms with van der Waals surface area (Å²) in [6.07, 6.45) is 6.58. The Bertz CT molecular complexity index is 530. The van der Waals surface area contributed by atoms with Gasteiger partial charge in [-0.1, -0.05) is 12.8 Å². The van der Waals surface area contributed by atoms with E-state index in [1.165, 1.54) is 25.7 Å². The second-order valence-electron chi connectivity index (χ2n) is 4.84. The molecule has 1 aromatic rings. The van der Waals surface area contributed by atoms with Crippen molar-refractivity contribution < 1.29 is 4.74 Å². The summed E-state index contributed by atoms with van der Waals surface area (Å²) in [7, 11) is 0. The molecule has 2 rings (SSSR count). The quantitative estimate of drug-likeness (QED) is 0.496. The first-order valence-corrected chi connectivity index (χ1v) is 7.38. The van der Waals surface area contributed by atoms with Gasteiger partial charge in [-0.05, 0) is 54.9 Å². The Morgan fingerprint density at radius 3 is 2.76 bits per heavy atom. The molecule has 1 saturated carbocycles. The topological polar surface area (TPSA) is 69.4 Å². The number of hydrazone groups is 1. The van der Waals surface area contributed by atoms with Gasteiger partial charge in [0.05, 0.1) is 6.21 Å². The first-order chi connectivity index (χ1) is 10.3. The molecular weight excluding hydrogens is 284 g/mol. The van der Waals surface area contributed by atoms with E-state index in [1.807, 2.05) is 18.2 Å². The number of rotatable bonds is 5. The van der Waals surface area contributed by atoms with Gasteiger partial charge in [0, 0.05) is 6.04 Å². The lowest BCUT2D eigenvalue weighted by molar-refractivity contribution is 0.368. The number of benzene rings is 1. The van der Waals surface area contributed by atoms with E-state index in [9.17, 15) is 0 Å². The van der Waals surface area contributed by atoms with E-state index in [-0.39, 0.29) is 6.61 Å². The summed E-state index contributed by atoms with van der Waals surface area (Å²) in [6.45, 7) is 0.0517. The fourth-order valence-electron chi connectivity index (χ4n) is 2.22. The predicted octanol–water partition coefficient (Wildman–Crippen LogP) is 2.33. The number of ether oxygens (including phenoxy) is 1. The molecule has 5 nitrogen and oxygen atoms in total. The van der Waals surface area contributed by atoms with Crippen molar-refractivity contribution in [3.05, 3.63) is 29.8 Å². The van der Waals surface area contributed by atoms with Crippen molar-refractivity contribution in [1.82, 2.24) is 10.7 Å². The van der Waals surface area contributed by atoms with Crippen LogP contribution in [0.15, 0.2) is 29.4 Å². The molecule has 1 aromatic carbocycles. The van der Waals surface area contributed by atoms with Crippen molar-refractivity contribution in [3.8, 4) is 11.8 Å². The van der Waals surface area contributed by atoms with Crippen LogP contribution in [0.5, 0.6) is 5.75 Å². The van der Waals surface area contributed by atoms with Gasteiger partial charge in [0.2, 0.25) is 0 Å². The molecule has 0 heterocycles. The standard InChI is InChI=1S/C15H18N4OS/c16-9-10-20-14-7-5-12(6-8-14)11-17-19-15(21)18-13-3-1-2-4-13/h5-8,11,13H,1-4,10H2,(H2,18,19,21)/b17-11-. The van der Waals surface area contributed by atoms with E-state index in [0.29, 0.717) is 16.9 Å². The molecule has 0 atom stereocenters. The molecule has 0 unspecified atom stereocenters. The normalized spacial score (nSPS) is 14.8. The molecule has 0 radical (unpaired) electrons. The predicted molar refractivity (Wildman–Crippen MR) is 86.3 cm³/mol. The van der Waals surface area contributed by atoms with Crippen molar-refractivity contribution in [2.75, 3.05) is 6.61 Å². The van der Waals surface area contributed by atoms with Gasteiger partial charge in [-0.3, -0.25) is 5.43 Å². The van der Waals surface area contributed by atoms with Gasteiger partial charge in [0.1, 0.15) is 11.8 Å². The fourth-order valence-corrected chi connectivity index (χ4v) is 2.44. The van der Waals surface area contributed by atoms with Crippen LogP contribution in [0, 0.1) is 11.3 Å². The van der Waals surface area contributed by atoms with Gasteiger partial charge in [0.15, 0.2) is 11.7 Å². The lowest BCUT2D eigenvalue weighted by atomic mass is 10.2. The summed E-state index contributed by atoms with van der Waals surface area (Å²) in [4.78, 5) is 0. The molecule has 6 heteroatoms. The summed E-state index contributed by atoms with van der Waals surface area (Å²) in [5, 5.41) is 16.3. The highest BCUT2D eigenvalue weighted by Crippen LogP contribution is 2.17. The zero-order valence-corrected chi connectivity index (χ0v) is 12.5. The molecular formula is C15H18N4OS. The maximum absolute atomic E-state index is 8.43. The largest absolute Gasteiger partial charge is 0.479 e. The zero-order valence-electron chi connectivity index (χ0n) is 11.7. The smallest absolute Gasteiger partial charge is 0.187 e. The molecule has 0 bridgehead atoms. The Labute approximate surface area is 130 Å². The maximum Gasteiger partial charge on any atom is 0.187 e. The van der Waals surface area contributed by atoms with Gasteiger partial charge in [0.25, 0.3) is 0 Å². The third-order valence-electron chi connectivity index (χ3n) is 3.25. The molecule has 1 aliphatic carbocycles. The van der Waals surface area contributed by atoms with Crippen LogP contribution in [0.25, 0.3) is 0 Å². The van der Waals surface area contributed by atoms with Crippen LogP contribution in [0.3, 0.4) is 0 Å². The first kappa shape index (κ1) is 15.3. The van der Waals surface area contributed by atoms with Gasteiger partial charge in [-0.25, -0.2) is 0 Å². The number of nitrogens with one attached hydrogen (secondary N) is 2. The van der Waals surface area contributed by atoms with Crippen LogP contribution in [0.1, 0.15) is 31.2 Å². The minimum Gasteiger partial charge on any atom is -0.479 e. The number of nitriles is 1. The Kier molecular flexibility index (Phi) is 5.98. The Morgan fingerprint density at radius 2 is 2.10 bits per heavy atom. The number of hydrogen-bond acceptors (Lipinski definition) is 4. The summed E-state index contributed by atoms with van der Waals surface area (Å²) in [6, 6.07) is 9.74. The molecule has 110 valence electrons. The second kappa shape index (κ2) is 8.22. The van der Waals surface area contributed by atoms with Crippen molar-refractivity contribution in [1.29, 1.82) is 5.26 Å². The van der Waals surface area contributed by atoms with Crippen LogP contribution in [0.4, 0.5) is 0 Å². The molecule has 0 aliphatic heterocycles. The van der Waals surface area contributed by atoms with Gasteiger partial charge in [-0.15, -0.1) is 0 Å². The minimum absolute atomic E-state index is 0.0517. The molecule has 1 fully saturated rings. The summed E-state index contributed by atoms with van der Waals surface area (Å²) >= 11 is 5.19. The minimum atomic E-state index is 0.0517. The maximum atomic E-state index is 8.43. The van der Waals surface area contributed by atoms with E-state index in [1.54, 1.807) is 18.3 Å². The zero-order chi connectivity index (χ0) is 14.9. The lowest BCUT2D eigenvalue weighted by Crippen LogP contribution is -2.38. The second-order valence-corrected chi connectivity index (χ2v) is 5.25. The highest BCUT2D eigenvalue weighted by Gasteiger charge is 2.14. The average Bonchev–Trinajstić information content (AvgIpc) is 2.99. The van der Waals surface area contributed by atoms with E-state index >= 15 is 0 Å². The van der Waals surface area contributed by atoms with Crippen molar-refractivity contribution in [3.63, 3.8) is 0 Å².